The number of ketones is 1. The molecular formula is C26H28N2O6. The van der Waals surface area contributed by atoms with E-state index in [1.54, 1.807) is 17.0 Å². The molecule has 2 aromatic carbocycles. The van der Waals surface area contributed by atoms with Crippen molar-refractivity contribution in [1.29, 1.82) is 0 Å². The van der Waals surface area contributed by atoms with Crippen LogP contribution in [-0.2, 0) is 16.0 Å². The van der Waals surface area contributed by atoms with Gasteiger partial charge in [-0.25, -0.2) is 4.79 Å². The first kappa shape index (κ1) is 23.5. The van der Waals surface area contributed by atoms with Gasteiger partial charge in [0.15, 0.2) is 5.78 Å². The lowest BCUT2D eigenvalue weighted by Gasteiger charge is -2.16. The molecule has 1 aliphatic heterocycles. The molecule has 2 aliphatic rings. The molecule has 1 saturated heterocycles. The summed E-state index contributed by atoms with van der Waals surface area (Å²) in [6.07, 6.45) is 3.26. The van der Waals surface area contributed by atoms with Crippen molar-refractivity contribution in [2.75, 3.05) is 31.2 Å². The number of amides is 2. The first-order chi connectivity index (χ1) is 16.4. The topological polar surface area (TPSA) is 105 Å². The second-order valence-electron chi connectivity index (χ2n) is 8.39. The summed E-state index contributed by atoms with van der Waals surface area (Å²) in [4.78, 5) is 38.3. The molecule has 0 unspecified atom stereocenters. The molecule has 2 amide bonds. The average Bonchev–Trinajstić information content (AvgIpc) is 3.14. The van der Waals surface area contributed by atoms with Gasteiger partial charge in [-0.3, -0.25) is 14.5 Å². The molecule has 0 bridgehead atoms. The second-order valence-corrected chi connectivity index (χ2v) is 8.39. The molecular weight excluding hydrogens is 436 g/mol. The molecule has 0 spiro atoms. The Hall–Kier alpha value is -3.65. The smallest absolute Gasteiger partial charge is 0.414 e. The van der Waals surface area contributed by atoms with Gasteiger partial charge in [0.1, 0.15) is 18.5 Å². The van der Waals surface area contributed by atoms with E-state index < -0.39 is 12.2 Å². The fraction of sp³-hybridized carbons (Fsp3) is 0.346. The van der Waals surface area contributed by atoms with Crippen LogP contribution in [0.1, 0.15) is 41.3 Å². The van der Waals surface area contributed by atoms with Crippen molar-refractivity contribution in [3.8, 4) is 5.75 Å². The zero-order valence-electron chi connectivity index (χ0n) is 19.1. The van der Waals surface area contributed by atoms with E-state index >= 15 is 0 Å². The SMILES string of the molecule is CC(=O)NC[C@H]1CN(c2ccc3c(c2)CCC/C(=C/c2ccc(OCCO)cc2)C3=O)C(=O)O1. The number of aryl methyl sites for hydroxylation is 1. The number of benzene rings is 2. The molecule has 1 aliphatic carbocycles. The van der Waals surface area contributed by atoms with Crippen LogP contribution in [0.3, 0.4) is 0 Å². The molecule has 0 radical (unpaired) electrons. The first-order valence-electron chi connectivity index (χ1n) is 11.4. The summed E-state index contributed by atoms with van der Waals surface area (Å²) in [5.74, 6) is 0.487. The number of anilines is 1. The normalized spacial score (nSPS) is 18.9. The van der Waals surface area contributed by atoms with E-state index in [-0.39, 0.29) is 31.4 Å². The Morgan fingerprint density at radius 1 is 1.21 bits per heavy atom. The fourth-order valence-electron chi connectivity index (χ4n) is 4.19. The lowest BCUT2D eigenvalue weighted by atomic mass is 9.97. The van der Waals surface area contributed by atoms with Crippen LogP contribution >= 0.6 is 0 Å². The summed E-state index contributed by atoms with van der Waals surface area (Å²) in [5, 5.41) is 11.5. The zero-order valence-corrected chi connectivity index (χ0v) is 19.1. The summed E-state index contributed by atoms with van der Waals surface area (Å²) in [7, 11) is 0. The van der Waals surface area contributed by atoms with Gasteiger partial charge >= 0.3 is 6.09 Å². The van der Waals surface area contributed by atoms with E-state index in [0.29, 0.717) is 30.0 Å². The van der Waals surface area contributed by atoms with Gasteiger partial charge in [0.05, 0.1) is 19.7 Å². The Labute approximate surface area is 198 Å². The maximum Gasteiger partial charge on any atom is 0.414 e. The zero-order chi connectivity index (χ0) is 24.1. The molecule has 4 rings (SSSR count). The molecule has 0 aromatic heterocycles. The molecule has 8 heteroatoms. The predicted octanol–water partition coefficient (Wildman–Crippen LogP) is 3.12. The Bertz CT molecular complexity index is 1110. The third kappa shape index (κ3) is 5.46. The van der Waals surface area contributed by atoms with Crippen molar-refractivity contribution in [3.05, 3.63) is 64.7 Å². The second kappa shape index (κ2) is 10.5. The summed E-state index contributed by atoms with van der Waals surface area (Å²) in [6, 6.07) is 12.9. The first-order valence-corrected chi connectivity index (χ1v) is 11.4. The number of cyclic esters (lactones) is 1. The van der Waals surface area contributed by atoms with E-state index in [1.165, 1.54) is 6.92 Å². The van der Waals surface area contributed by atoms with Gasteiger partial charge in [0, 0.05) is 23.7 Å². The standard InChI is InChI=1S/C26H28N2O6/c1-17(30)27-15-23-16-28(26(32)34-23)21-7-10-24-19(14-21)3-2-4-20(25(24)31)13-18-5-8-22(9-6-18)33-12-11-29/h5-10,13-14,23,29H,2-4,11-12,15-16H2,1H3,(H,27,30)/b20-13-/t23-/m0/s1. The van der Waals surface area contributed by atoms with Crippen molar-refractivity contribution < 1.29 is 29.0 Å². The van der Waals surface area contributed by atoms with Crippen LogP contribution in [0.25, 0.3) is 6.08 Å². The fourth-order valence-corrected chi connectivity index (χ4v) is 4.19. The number of hydrogen-bond donors (Lipinski definition) is 2. The van der Waals surface area contributed by atoms with Crippen LogP contribution in [0, 0.1) is 0 Å². The Balaban J connectivity index is 1.50. The van der Waals surface area contributed by atoms with Gasteiger partial charge in [-0.2, -0.15) is 0 Å². The predicted molar refractivity (Wildman–Crippen MR) is 127 cm³/mol. The summed E-state index contributed by atoms with van der Waals surface area (Å²) < 4.78 is 10.7. The van der Waals surface area contributed by atoms with Gasteiger partial charge in [-0.1, -0.05) is 12.1 Å². The molecule has 8 nitrogen and oxygen atoms in total. The van der Waals surface area contributed by atoms with E-state index in [0.717, 1.165) is 29.5 Å². The quantitative estimate of drug-likeness (QED) is 0.482. The van der Waals surface area contributed by atoms with E-state index in [4.69, 9.17) is 14.6 Å². The number of aliphatic hydroxyl groups excluding tert-OH is 1. The molecule has 178 valence electrons. The summed E-state index contributed by atoms with van der Waals surface area (Å²) >= 11 is 0. The highest BCUT2D eigenvalue weighted by Gasteiger charge is 2.33. The summed E-state index contributed by atoms with van der Waals surface area (Å²) in [5.41, 5.74) is 3.90. The number of ether oxygens (including phenoxy) is 2. The number of nitrogens with one attached hydrogen (secondary N) is 1. The molecule has 1 atom stereocenters. The number of hydrogen-bond acceptors (Lipinski definition) is 6. The highest BCUT2D eigenvalue weighted by atomic mass is 16.6. The number of fused-ring (bicyclic) bond motifs is 1. The number of aliphatic hydroxyl groups is 1. The molecule has 34 heavy (non-hydrogen) atoms. The molecule has 1 heterocycles. The largest absolute Gasteiger partial charge is 0.491 e. The molecule has 0 saturated carbocycles. The molecule has 2 N–H and O–H groups in total. The third-order valence-electron chi connectivity index (χ3n) is 5.86. The summed E-state index contributed by atoms with van der Waals surface area (Å²) in [6.45, 7) is 2.23. The van der Waals surface area contributed by atoms with Gasteiger partial charge < -0.3 is 19.9 Å². The monoisotopic (exact) mass is 464 g/mol. The van der Waals surface area contributed by atoms with Crippen LogP contribution in [0.5, 0.6) is 5.75 Å². The Morgan fingerprint density at radius 3 is 2.74 bits per heavy atom. The van der Waals surface area contributed by atoms with Crippen molar-refractivity contribution in [2.24, 2.45) is 0 Å². The maximum atomic E-state index is 13.3. The maximum absolute atomic E-state index is 13.3. The Kier molecular flexibility index (Phi) is 7.27. The lowest BCUT2D eigenvalue weighted by Crippen LogP contribution is -2.33. The molecule has 1 fully saturated rings. The van der Waals surface area contributed by atoms with Crippen LogP contribution in [-0.4, -0.2) is 55.3 Å². The van der Waals surface area contributed by atoms with Gasteiger partial charge in [0.2, 0.25) is 5.91 Å². The minimum Gasteiger partial charge on any atom is -0.491 e. The average molecular weight is 465 g/mol. The minimum atomic E-state index is -0.456. The van der Waals surface area contributed by atoms with E-state index in [9.17, 15) is 14.4 Å². The van der Waals surface area contributed by atoms with Crippen molar-refractivity contribution in [3.63, 3.8) is 0 Å². The van der Waals surface area contributed by atoms with Crippen LogP contribution < -0.4 is 15.0 Å². The number of Topliss-reactive ketones (excluding diaryl/α,β-unsaturated/α-hetero) is 1. The number of carbonyl (C=O) groups is 3. The van der Waals surface area contributed by atoms with Crippen molar-refractivity contribution in [1.82, 2.24) is 5.32 Å². The van der Waals surface area contributed by atoms with Gasteiger partial charge in [-0.15, -0.1) is 0 Å². The van der Waals surface area contributed by atoms with Crippen LogP contribution in [0.4, 0.5) is 10.5 Å². The van der Waals surface area contributed by atoms with Gasteiger partial charge in [-0.05, 0) is 66.8 Å². The van der Waals surface area contributed by atoms with Crippen LogP contribution in [0.2, 0.25) is 0 Å². The molecule has 2 aromatic rings. The minimum absolute atomic E-state index is 0.00723. The number of nitrogens with zero attached hydrogens (tertiary/aromatic N) is 1. The van der Waals surface area contributed by atoms with Gasteiger partial charge in [0.25, 0.3) is 0 Å². The Morgan fingerprint density at radius 2 is 2.00 bits per heavy atom. The highest BCUT2D eigenvalue weighted by Crippen LogP contribution is 2.31. The number of carbonyl (C=O) groups excluding carboxylic acids is 3. The highest BCUT2D eigenvalue weighted by molar-refractivity contribution is 6.12. The number of rotatable bonds is 7. The van der Waals surface area contributed by atoms with E-state index in [2.05, 4.69) is 5.32 Å². The number of allylic oxidation sites excluding steroid dienone is 1. The van der Waals surface area contributed by atoms with Crippen molar-refractivity contribution >= 4 is 29.5 Å². The lowest BCUT2D eigenvalue weighted by molar-refractivity contribution is -0.119. The van der Waals surface area contributed by atoms with Crippen LogP contribution in [0.15, 0.2) is 48.0 Å². The third-order valence-corrected chi connectivity index (χ3v) is 5.86. The van der Waals surface area contributed by atoms with Crippen molar-refractivity contribution in [2.45, 2.75) is 32.3 Å². The van der Waals surface area contributed by atoms with E-state index in [1.807, 2.05) is 36.4 Å².